The van der Waals surface area contributed by atoms with E-state index < -0.39 is 0 Å². The molecule has 4 aromatic heterocycles. The smallest absolute Gasteiger partial charge is 0.259 e. The molecule has 31 heavy (non-hydrogen) atoms. The molecule has 0 radical (unpaired) electrons. The number of aromatic nitrogens is 5. The zero-order chi connectivity index (χ0) is 21.6. The van der Waals surface area contributed by atoms with Crippen LogP contribution < -0.4 is 15.4 Å². The lowest BCUT2D eigenvalue weighted by Crippen LogP contribution is -2.14. The van der Waals surface area contributed by atoms with E-state index in [-0.39, 0.29) is 11.9 Å². The number of carbonyl (C=O) groups excluding carboxylic acids is 1. The molecular weight excluding hydrogens is 414 g/mol. The number of rotatable bonds is 7. The maximum atomic E-state index is 12.7. The number of pyridine rings is 3. The van der Waals surface area contributed by atoms with Crippen molar-refractivity contribution in [3.05, 3.63) is 72.4 Å². The molecule has 0 aliphatic rings. The van der Waals surface area contributed by atoms with Gasteiger partial charge in [-0.1, -0.05) is 17.4 Å². The standard InChI is InChI=1S/C21H19N7O2S/c1-13(15-4-3-7-23-11-15)25-18-17(30-2)10-16(12-24-18)19(29)26-21-28-27-20(31-21)14-5-8-22-9-6-14/h3-13H,1-2H3,(H,24,25)(H,26,28,29). The van der Waals surface area contributed by atoms with Crippen molar-refractivity contribution in [2.45, 2.75) is 13.0 Å². The third-order valence-electron chi connectivity index (χ3n) is 4.45. The molecule has 4 heterocycles. The Morgan fingerprint density at radius 2 is 1.94 bits per heavy atom. The minimum Gasteiger partial charge on any atom is -0.493 e. The second-order valence-corrected chi connectivity index (χ2v) is 7.51. The molecule has 0 aliphatic heterocycles. The molecule has 0 aromatic carbocycles. The molecule has 1 amide bonds. The lowest BCUT2D eigenvalue weighted by Gasteiger charge is -2.17. The maximum Gasteiger partial charge on any atom is 0.259 e. The van der Waals surface area contributed by atoms with Crippen molar-refractivity contribution < 1.29 is 9.53 Å². The van der Waals surface area contributed by atoms with Crippen molar-refractivity contribution in [1.29, 1.82) is 0 Å². The van der Waals surface area contributed by atoms with Gasteiger partial charge in [0, 0.05) is 36.5 Å². The average Bonchev–Trinajstić information content (AvgIpc) is 3.29. The van der Waals surface area contributed by atoms with Gasteiger partial charge in [0.05, 0.1) is 18.7 Å². The zero-order valence-corrected chi connectivity index (χ0v) is 17.6. The molecule has 4 rings (SSSR count). The summed E-state index contributed by atoms with van der Waals surface area (Å²) in [6.45, 7) is 1.99. The number of carbonyl (C=O) groups is 1. The molecule has 0 saturated carbocycles. The van der Waals surface area contributed by atoms with Crippen molar-refractivity contribution in [2.75, 3.05) is 17.7 Å². The van der Waals surface area contributed by atoms with Gasteiger partial charge in [0.25, 0.3) is 5.91 Å². The molecule has 4 aromatic rings. The first kappa shape index (κ1) is 20.4. The Balaban J connectivity index is 1.47. The molecule has 0 saturated heterocycles. The fourth-order valence-corrected chi connectivity index (χ4v) is 3.55. The second-order valence-electron chi connectivity index (χ2n) is 6.53. The number of ether oxygens (including phenoxy) is 1. The summed E-state index contributed by atoms with van der Waals surface area (Å²) in [6, 6.07) is 9.10. The Morgan fingerprint density at radius 3 is 2.68 bits per heavy atom. The quantitative estimate of drug-likeness (QED) is 0.452. The molecule has 0 bridgehead atoms. The Hall–Kier alpha value is -3.92. The fraction of sp³-hybridized carbons (Fsp3) is 0.143. The summed E-state index contributed by atoms with van der Waals surface area (Å²) in [6.07, 6.45) is 8.35. The van der Waals surface area contributed by atoms with Gasteiger partial charge in [0.1, 0.15) is 5.01 Å². The number of nitrogens with zero attached hydrogens (tertiary/aromatic N) is 5. The van der Waals surface area contributed by atoms with E-state index in [1.165, 1.54) is 24.6 Å². The summed E-state index contributed by atoms with van der Waals surface area (Å²) >= 11 is 1.28. The van der Waals surface area contributed by atoms with Crippen molar-refractivity contribution in [2.24, 2.45) is 0 Å². The molecule has 0 spiro atoms. The predicted octanol–water partition coefficient (Wildman–Crippen LogP) is 3.82. The normalized spacial score (nSPS) is 11.5. The first-order valence-electron chi connectivity index (χ1n) is 9.40. The van der Waals surface area contributed by atoms with Crippen LogP contribution in [-0.4, -0.2) is 38.2 Å². The minimum absolute atomic E-state index is 0.0391. The lowest BCUT2D eigenvalue weighted by atomic mass is 10.1. The van der Waals surface area contributed by atoms with Gasteiger partial charge in [-0.15, -0.1) is 10.2 Å². The summed E-state index contributed by atoms with van der Waals surface area (Å²) in [5.41, 5.74) is 2.24. The average molecular weight is 433 g/mol. The van der Waals surface area contributed by atoms with E-state index in [1.54, 1.807) is 30.9 Å². The van der Waals surface area contributed by atoms with Gasteiger partial charge in [0.2, 0.25) is 5.13 Å². The Kier molecular flexibility index (Phi) is 6.08. The van der Waals surface area contributed by atoms with E-state index in [9.17, 15) is 4.79 Å². The largest absolute Gasteiger partial charge is 0.493 e. The third-order valence-corrected chi connectivity index (χ3v) is 5.33. The zero-order valence-electron chi connectivity index (χ0n) is 16.8. The summed E-state index contributed by atoms with van der Waals surface area (Å²) in [4.78, 5) is 25.2. The molecule has 0 fully saturated rings. The molecule has 10 heteroatoms. The van der Waals surface area contributed by atoms with Crippen LogP contribution in [0, 0.1) is 0 Å². The number of methoxy groups -OCH3 is 1. The van der Waals surface area contributed by atoms with E-state index in [2.05, 4.69) is 35.8 Å². The van der Waals surface area contributed by atoms with Crippen LogP contribution in [0.5, 0.6) is 5.75 Å². The highest BCUT2D eigenvalue weighted by Gasteiger charge is 2.16. The molecule has 156 valence electrons. The minimum atomic E-state index is -0.352. The maximum absolute atomic E-state index is 12.7. The SMILES string of the molecule is COc1cc(C(=O)Nc2nnc(-c3ccncc3)s2)cnc1NC(C)c1cccnc1. The van der Waals surface area contributed by atoms with Crippen LogP contribution in [-0.2, 0) is 0 Å². The first-order valence-corrected chi connectivity index (χ1v) is 10.2. The van der Waals surface area contributed by atoms with Gasteiger partial charge in [0.15, 0.2) is 11.6 Å². The fourth-order valence-electron chi connectivity index (χ4n) is 2.81. The van der Waals surface area contributed by atoms with Gasteiger partial charge < -0.3 is 10.1 Å². The molecule has 1 unspecified atom stereocenters. The van der Waals surface area contributed by atoms with Gasteiger partial charge in [-0.25, -0.2) is 4.98 Å². The molecule has 2 N–H and O–H groups in total. The highest BCUT2D eigenvalue weighted by atomic mass is 32.1. The van der Waals surface area contributed by atoms with Crippen molar-refractivity contribution >= 4 is 28.2 Å². The predicted molar refractivity (Wildman–Crippen MR) is 118 cm³/mol. The van der Waals surface area contributed by atoms with Crippen LogP contribution in [0.1, 0.15) is 28.9 Å². The van der Waals surface area contributed by atoms with Crippen LogP contribution in [0.4, 0.5) is 10.9 Å². The van der Waals surface area contributed by atoms with Crippen molar-refractivity contribution in [3.63, 3.8) is 0 Å². The lowest BCUT2D eigenvalue weighted by molar-refractivity contribution is 0.102. The van der Waals surface area contributed by atoms with E-state index >= 15 is 0 Å². The van der Waals surface area contributed by atoms with Crippen LogP contribution in [0.3, 0.4) is 0 Å². The Morgan fingerprint density at radius 1 is 1.10 bits per heavy atom. The highest BCUT2D eigenvalue weighted by molar-refractivity contribution is 7.18. The van der Waals surface area contributed by atoms with Crippen LogP contribution in [0.25, 0.3) is 10.6 Å². The van der Waals surface area contributed by atoms with Crippen molar-refractivity contribution in [1.82, 2.24) is 25.1 Å². The monoisotopic (exact) mass is 433 g/mol. The molecular formula is C21H19N7O2S. The summed E-state index contributed by atoms with van der Waals surface area (Å²) in [5.74, 6) is 0.638. The second kappa shape index (κ2) is 9.26. The van der Waals surface area contributed by atoms with Crippen LogP contribution >= 0.6 is 11.3 Å². The molecule has 1 atom stereocenters. The van der Waals surface area contributed by atoms with Gasteiger partial charge in [-0.2, -0.15) is 0 Å². The summed E-state index contributed by atoms with van der Waals surface area (Å²) in [7, 11) is 1.53. The van der Waals surface area contributed by atoms with Crippen LogP contribution in [0.2, 0.25) is 0 Å². The van der Waals surface area contributed by atoms with E-state index in [0.717, 1.165) is 11.1 Å². The topological polar surface area (TPSA) is 115 Å². The molecule has 9 nitrogen and oxygen atoms in total. The number of hydrogen-bond acceptors (Lipinski definition) is 9. The van der Waals surface area contributed by atoms with Crippen LogP contribution in [0.15, 0.2) is 61.3 Å². The van der Waals surface area contributed by atoms with Crippen molar-refractivity contribution in [3.8, 4) is 16.3 Å². The summed E-state index contributed by atoms with van der Waals surface area (Å²) in [5, 5.41) is 15.3. The number of amides is 1. The van der Waals surface area contributed by atoms with Gasteiger partial charge in [-0.05, 0) is 36.8 Å². The number of anilines is 2. The van der Waals surface area contributed by atoms with Gasteiger partial charge >= 0.3 is 0 Å². The number of nitrogens with one attached hydrogen (secondary N) is 2. The Bertz CT molecular complexity index is 1170. The van der Waals surface area contributed by atoms with E-state index in [4.69, 9.17) is 4.74 Å². The first-order chi connectivity index (χ1) is 15.1. The Labute approximate surface area is 182 Å². The highest BCUT2D eigenvalue weighted by Crippen LogP contribution is 2.28. The number of hydrogen-bond donors (Lipinski definition) is 2. The van der Waals surface area contributed by atoms with Gasteiger partial charge in [-0.3, -0.25) is 20.1 Å². The van der Waals surface area contributed by atoms with E-state index in [0.29, 0.717) is 27.3 Å². The summed E-state index contributed by atoms with van der Waals surface area (Å²) < 4.78 is 5.43. The van der Waals surface area contributed by atoms with E-state index in [1.807, 2.05) is 31.2 Å². The third kappa shape index (κ3) is 4.81. The molecule has 0 aliphatic carbocycles.